The van der Waals surface area contributed by atoms with E-state index in [9.17, 15) is 4.39 Å². The average Bonchev–Trinajstić information content (AvgIpc) is 2.41. The molecule has 0 saturated carbocycles. The zero-order valence-electron chi connectivity index (χ0n) is 10.1. The fraction of sp³-hybridized carbons (Fsp3) is 0.231. The average molecular weight is 263 g/mol. The molecule has 0 fully saturated rings. The van der Waals surface area contributed by atoms with Gasteiger partial charge in [0.2, 0.25) is 0 Å². The molecule has 1 aromatic heterocycles. The molecule has 0 aliphatic carbocycles. The van der Waals surface area contributed by atoms with Crippen LogP contribution in [0.5, 0.6) is 0 Å². The largest absolute Gasteiger partial charge is 0.370 e. The fourth-order valence-electron chi connectivity index (χ4n) is 1.52. The molecule has 94 valence electrons. The first kappa shape index (κ1) is 12.8. The van der Waals surface area contributed by atoms with E-state index in [-0.39, 0.29) is 5.82 Å². The summed E-state index contributed by atoms with van der Waals surface area (Å²) in [5, 5.41) is 3.98. The fourth-order valence-corrected chi connectivity index (χ4v) is 1.88. The van der Waals surface area contributed by atoms with Crippen molar-refractivity contribution >= 4 is 17.6 Å². The number of aromatic nitrogens is 2. The molecule has 2 rings (SSSR count). The van der Waals surface area contributed by atoms with E-state index < -0.39 is 0 Å². The summed E-state index contributed by atoms with van der Waals surface area (Å²) in [5.74, 6) is 0.614. The maximum absolute atomic E-state index is 12.7. The number of thioether (sulfide) groups is 1. The first-order valence-corrected chi connectivity index (χ1v) is 6.86. The Kier molecular flexibility index (Phi) is 4.52. The van der Waals surface area contributed by atoms with Crippen LogP contribution in [0.15, 0.2) is 41.7 Å². The van der Waals surface area contributed by atoms with Crippen LogP contribution in [0.25, 0.3) is 0 Å². The van der Waals surface area contributed by atoms with Crippen LogP contribution in [-0.2, 0) is 6.42 Å². The van der Waals surface area contributed by atoms with Crippen molar-refractivity contribution in [3.63, 3.8) is 0 Å². The van der Waals surface area contributed by atoms with Crippen molar-refractivity contribution < 1.29 is 4.39 Å². The van der Waals surface area contributed by atoms with E-state index in [1.165, 1.54) is 23.9 Å². The van der Waals surface area contributed by atoms with Crippen LogP contribution in [0, 0.1) is 5.82 Å². The van der Waals surface area contributed by atoms with Crippen molar-refractivity contribution in [1.29, 1.82) is 0 Å². The zero-order chi connectivity index (χ0) is 12.8. The second-order valence-electron chi connectivity index (χ2n) is 3.73. The van der Waals surface area contributed by atoms with E-state index in [0.29, 0.717) is 0 Å². The Morgan fingerprint density at radius 2 is 2.00 bits per heavy atom. The molecule has 0 aliphatic heterocycles. The molecule has 0 amide bonds. The molecule has 1 heterocycles. The van der Waals surface area contributed by atoms with E-state index in [4.69, 9.17) is 0 Å². The van der Waals surface area contributed by atoms with Gasteiger partial charge in [0.15, 0.2) is 5.16 Å². The van der Waals surface area contributed by atoms with Gasteiger partial charge in [0.05, 0.1) is 0 Å². The summed E-state index contributed by atoms with van der Waals surface area (Å²) >= 11 is 1.51. The Balaban J connectivity index is 1.86. The van der Waals surface area contributed by atoms with Crippen molar-refractivity contribution in [3.05, 3.63) is 47.9 Å². The summed E-state index contributed by atoms with van der Waals surface area (Å²) in [6.45, 7) is 0.760. The quantitative estimate of drug-likeness (QED) is 0.665. The van der Waals surface area contributed by atoms with Gasteiger partial charge in [-0.25, -0.2) is 14.4 Å². The monoisotopic (exact) mass is 263 g/mol. The van der Waals surface area contributed by atoms with Crippen LogP contribution >= 0.6 is 11.8 Å². The minimum atomic E-state index is -0.202. The van der Waals surface area contributed by atoms with Gasteiger partial charge in [0, 0.05) is 12.7 Å². The molecule has 0 spiro atoms. The summed E-state index contributed by atoms with van der Waals surface area (Å²) in [5.41, 5.74) is 1.10. The third-order valence-electron chi connectivity index (χ3n) is 2.45. The van der Waals surface area contributed by atoms with Gasteiger partial charge in [-0.1, -0.05) is 23.9 Å². The minimum Gasteiger partial charge on any atom is -0.370 e. The van der Waals surface area contributed by atoms with Gasteiger partial charge >= 0.3 is 0 Å². The van der Waals surface area contributed by atoms with Crippen molar-refractivity contribution in [1.82, 2.24) is 9.97 Å². The second kappa shape index (κ2) is 6.35. The minimum absolute atomic E-state index is 0.202. The van der Waals surface area contributed by atoms with Crippen LogP contribution in [0.2, 0.25) is 0 Å². The second-order valence-corrected chi connectivity index (χ2v) is 4.51. The zero-order valence-corrected chi connectivity index (χ0v) is 10.9. The SMILES string of the molecule is CSc1nccc(NCCc2ccc(F)cc2)n1. The van der Waals surface area contributed by atoms with Crippen LogP contribution in [-0.4, -0.2) is 22.8 Å². The van der Waals surface area contributed by atoms with Crippen LogP contribution in [0.1, 0.15) is 5.56 Å². The van der Waals surface area contributed by atoms with Crippen molar-refractivity contribution in [2.45, 2.75) is 11.6 Å². The predicted octanol–water partition coefficient (Wildman–Crippen LogP) is 2.99. The third kappa shape index (κ3) is 3.70. The lowest BCUT2D eigenvalue weighted by molar-refractivity contribution is 0.627. The summed E-state index contributed by atoms with van der Waals surface area (Å²) in [7, 11) is 0. The number of rotatable bonds is 5. The maximum atomic E-state index is 12.7. The number of hydrogen-bond acceptors (Lipinski definition) is 4. The molecular formula is C13H14FN3S. The van der Waals surface area contributed by atoms with E-state index >= 15 is 0 Å². The Hall–Kier alpha value is -1.62. The first-order chi connectivity index (χ1) is 8.78. The molecule has 3 nitrogen and oxygen atoms in total. The lowest BCUT2D eigenvalue weighted by Gasteiger charge is -2.06. The first-order valence-electron chi connectivity index (χ1n) is 5.63. The van der Waals surface area contributed by atoms with E-state index in [0.717, 1.165) is 29.5 Å². The molecule has 5 heteroatoms. The lowest BCUT2D eigenvalue weighted by atomic mass is 10.1. The van der Waals surface area contributed by atoms with Gasteiger partial charge in [-0.15, -0.1) is 0 Å². The van der Waals surface area contributed by atoms with Gasteiger partial charge in [0.25, 0.3) is 0 Å². The molecule has 0 atom stereocenters. The normalized spacial score (nSPS) is 10.3. The van der Waals surface area contributed by atoms with E-state index in [2.05, 4.69) is 15.3 Å². The van der Waals surface area contributed by atoms with Gasteiger partial charge in [-0.2, -0.15) is 0 Å². The molecule has 1 aromatic carbocycles. The lowest BCUT2D eigenvalue weighted by Crippen LogP contribution is -2.06. The predicted molar refractivity (Wildman–Crippen MR) is 72.4 cm³/mol. The van der Waals surface area contributed by atoms with Crippen molar-refractivity contribution in [2.75, 3.05) is 18.1 Å². The molecule has 0 aliphatic rings. The smallest absolute Gasteiger partial charge is 0.189 e. The van der Waals surface area contributed by atoms with Crippen molar-refractivity contribution in [3.8, 4) is 0 Å². The Morgan fingerprint density at radius 1 is 1.22 bits per heavy atom. The molecule has 0 unspecified atom stereocenters. The molecular weight excluding hydrogens is 249 g/mol. The number of benzene rings is 1. The third-order valence-corrected chi connectivity index (χ3v) is 3.01. The topological polar surface area (TPSA) is 37.8 Å². The van der Waals surface area contributed by atoms with Crippen LogP contribution in [0.3, 0.4) is 0 Å². The highest BCUT2D eigenvalue weighted by Crippen LogP contribution is 2.11. The highest BCUT2D eigenvalue weighted by atomic mass is 32.2. The number of nitrogens with zero attached hydrogens (tertiary/aromatic N) is 2. The highest BCUT2D eigenvalue weighted by Gasteiger charge is 1.98. The molecule has 0 saturated heterocycles. The van der Waals surface area contributed by atoms with Crippen LogP contribution < -0.4 is 5.32 Å². The van der Waals surface area contributed by atoms with Gasteiger partial charge in [-0.05, 0) is 36.4 Å². The molecule has 18 heavy (non-hydrogen) atoms. The summed E-state index contributed by atoms with van der Waals surface area (Å²) in [4.78, 5) is 8.42. The summed E-state index contributed by atoms with van der Waals surface area (Å²) in [6.07, 6.45) is 4.51. The standard InChI is InChI=1S/C13H14FN3S/c1-18-13-16-9-7-12(17-13)15-8-6-10-2-4-11(14)5-3-10/h2-5,7,9H,6,8H2,1H3,(H,15,16,17). The summed E-state index contributed by atoms with van der Waals surface area (Å²) in [6, 6.07) is 8.39. The number of nitrogens with one attached hydrogen (secondary N) is 1. The Labute approximate surface area is 110 Å². The highest BCUT2D eigenvalue weighted by molar-refractivity contribution is 7.98. The Bertz CT molecular complexity index is 502. The van der Waals surface area contributed by atoms with Gasteiger partial charge < -0.3 is 5.32 Å². The molecule has 1 N–H and O–H groups in total. The maximum Gasteiger partial charge on any atom is 0.189 e. The Morgan fingerprint density at radius 3 is 2.72 bits per heavy atom. The number of anilines is 1. The number of halogens is 1. The molecule has 0 bridgehead atoms. The molecule has 0 radical (unpaired) electrons. The van der Waals surface area contributed by atoms with Gasteiger partial charge in [0.1, 0.15) is 11.6 Å². The van der Waals surface area contributed by atoms with Crippen molar-refractivity contribution in [2.24, 2.45) is 0 Å². The number of hydrogen-bond donors (Lipinski definition) is 1. The van der Waals surface area contributed by atoms with E-state index in [1.807, 2.05) is 12.3 Å². The van der Waals surface area contributed by atoms with Crippen LogP contribution in [0.4, 0.5) is 10.2 Å². The van der Waals surface area contributed by atoms with E-state index in [1.54, 1.807) is 18.3 Å². The van der Waals surface area contributed by atoms with Gasteiger partial charge in [-0.3, -0.25) is 0 Å². The molecule has 2 aromatic rings. The summed E-state index contributed by atoms with van der Waals surface area (Å²) < 4.78 is 12.7.